The quantitative estimate of drug-likeness (QED) is 0.786. The lowest BCUT2D eigenvalue weighted by Gasteiger charge is -2.50. The Morgan fingerprint density at radius 3 is 2.88 bits per heavy atom. The smallest absolute Gasteiger partial charge is 0.268 e. The normalized spacial score (nSPS) is 27.4. The summed E-state index contributed by atoms with van der Waals surface area (Å²) in [6, 6.07) is 7.73. The Hall–Kier alpha value is -2.09. The third-order valence-corrected chi connectivity index (χ3v) is 5.88. The van der Waals surface area contributed by atoms with Gasteiger partial charge in [0.15, 0.2) is 6.17 Å². The summed E-state index contributed by atoms with van der Waals surface area (Å²) in [7, 11) is 0. The van der Waals surface area contributed by atoms with Crippen molar-refractivity contribution in [2.75, 3.05) is 11.9 Å². The highest BCUT2D eigenvalue weighted by Gasteiger charge is 2.50. The van der Waals surface area contributed by atoms with Gasteiger partial charge in [0.2, 0.25) is 5.91 Å². The number of hydrogen-bond acceptors (Lipinski definition) is 5. The number of anilines is 1. The van der Waals surface area contributed by atoms with Crippen molar-refractivity contribution in [3.63, 3.8) is 0 Å². The van der Waals surface area contributed by atoms with Gasteiger partial charge in [-0.25, -0.2) is 0 Å². The number of hydrazone groups is 1. The van der Waals surface area contributed by atoms with Crippen LogP contribution in [0.15, 0.2) is 33.8 Å². The summed E-state index contributed by atoms with van der Waals surface area (Å²) in [6.07, 6.45) is 3.70. The molecule has 4 rings (SSSR count). The summed E-state index contributed by atoms with van der Waals surface area (Å²) in [5, 5.41) is 7.14. The van der Waals surface area contributed by atoms with Gasteiger partial charge in [-0.1, -0.05) is 34.8 Å². The lowest BCUT2D eigenvalue weighted by molar-refractivity contribution is -0.151. The average Bonchev–Trinajstić information content (AvgIpc) is 3.01. The van der Waals surface area contributed by atoms with Crippen molar-refractivity contribution in [1.82, 2.24) is 15.2 Å². The number of rotatable bonds is 3. The van der Waals surface area contributed by atoms with Crippen molar-refractivity contribution >= 4 is 39.3 Å². The molecule has 26 heavy (non-hydrogen) atoms. The van der Waals surface area contributed by atoms with Crippen LogP contribution in [0, 0.1) is 0 Å². The number of carbonyl (C=O) groups excluding carboxylic acids is 2. The Morgan fingerprint density at radius 1 is 1.35 bits per heavy atom. The zero-order valence-electron chi connectivity index (χ0n) is 14.6. The van der Waals surface area contributed by atoms with E-state index in [-0.39, 0.29) is 30.4 Å². The second kappa shape index (κ2) is 6.90. The molecule has 2 aliphatic heterocycles. The lowest BCUT2D eigenvalue weighted by atomic mass is 9.85. The molecule has 0 bridgehead atoms. The van der Waals surface area contributed by atoms with Gasteiger partial charge in [0.25, 0.3) is 5.91 Å². The van der Waals surface area contributed by atoms with E-state index >= 15 is 0 Å². The van der Waals surface area contributed by atoms with Gasteiger partial charge in [-0.2, -0.15) is 5.10 Å². The first-order valence-electron chi connectivity index (χ1n) is 8.98. The van der Waals surface area contributed by atoms with E-state index < -0.39 is 6.17 Å². The Kier molecular flexibility index (Phi) is 4.60. The molecule has 1 saturated carbocycles. The fourth-order valence-electron chi connectivity index (χ4n) is 4.28. The van der Waals surface area contributed by atoms with Crippen LogP contribution in [-0.2, 0) is 9.59 Å². The molecule has 3 atom stereocenters. The minimum Gasteiger partial charge on any atom is -0.325 e. The summed E-state index contributed by atoms with van der Waals surface area (Å²) in [5.74, 6) is 0.612. The second-order valence-electron chi connectivity index (χ2n) is 7.04. The SMILES string of the molecule is CC1=NNC2C(=O)N(CC(=O)Nc3cccc(Br)c3)C3CCCCC3N12. The van der Waals surface area contributed by atoms with E-state index in [1.165, 1.54) is 0 Å². The minimum absolute atomic E-state index is 0.0609. The highest BCUT2D eigenvalue weighted by molar-refractivity contribution is 9.10. The molecule has 7 nitrogen and oxygen atoms in total. The molecule has 1 aromatic carbocycles. The van der Waals surface area contributed by atoms with Crippen LogP contribution >= 0.6 is 15.9 Å². The monoisotopic (exact) mass is 419 g/mol. The highest BCUT2D eigenvalue weighted by atomic mass is 79.9. The van der Waals surface area contributed by atoms with E-state index in [0.29, 0.717) is 5.69 Å². The van der Waals surface area contributed by atoms with Crippen LogP contribution < -0.4 is 10.7 Å². The van der Waals surface area contributed by atoms with Gasteiger partial charge >= 0.3 is 0 Å². The number of hydrogen-bond donors (Lipinski definition) is 2. The summed E-state index contributed by atoms with van der Waals surface area (Å²) >= 11 is 3.40. The number of nitrogens with one attached hydrogen (secondary N) is 2. The van der Waals surface area contributed by atoms with E-state index in [0.717, 1.165) is 36.0 Å². The van der Waals surface area contributed by atoms with Gasteiger partial charge < -0.3 is 15.1 Å². The molecule has 1 aliphatic carbocycles. The maximum Gasteiger partial charge on any atom is 0.268 e. The number of piperazine rings is 1. The molecule has 8 heteroatoms. The van der Waals surface area contributed by atoms with Gasteiger partial charge in [-0.15, -0.1) is 0 Å². The van der Waals surface area contributed by atoms with Gasteiger partial charge in [-0.05, 0) is 38.0 Å². The third-order valence-electron chi connectivity index (χ3n) is 5.39. The summed E-state index contributed by atoms with van der Waals surface area (Å²) in [5.41, 5.74) is 3.65. The number of fused-ring (bicyclic) bond motifs is 3. The Bertz CT molecular complexity index is 768. The first-order valence-corrected chi connectivity index (χ1v) is 9.78. The number of nitrogens with zero attached hydrogens (tertiary/aromatic N) is 3. The topological polar surface area (TPSA) is 77.0 Å². The predicted octanol–water partition coefficient (Wildman–Crippen LogP) is 2.11. The molecule has 2 amide bonds. The van der Waals surface area contributed by atoms with Gasteiger partial charge in [-0.3, -0.25) is 15.0 Å². The molecule has 2 N–H and O–H groups in total. The van der Waals surface area contributed by atoms with Gasteiger partial charge in [0, 0.05) is 10.2 Å². The highest BCUT2D eigenvalue weighted by Crippen LogP contribution is 2.34. The van der Waals surface area contributed by atoms with Crippen LogP contribution in [0.1, 0.15) is 32.6 Å². The first-order chi connectivity index (χ1) is 12.5. The average molecular weight is 420 g/mol. The van der Waals surface area contributed by atoms with Crippen LogP contribution in [0.2, 0.25) is 0 Å². The number of benzene rings is 1. The molecule has 2 heterocycles. The van der Waals surface area contributed by atoms with Crippen LogP contribution in [-0.4, -0.2) is 52.2 Å². The third kappa shape index (κ3) is 3.06. The molecule has 3 aliphatic rings. The molecule has 1 saturated heterocycles. The Morgan fingerprint density at radius 2 is 2.12 bits per heavy atom. The Balaban J connectivity index is 1.51. The van der Waals surface area contributed by atoms with Crippen molar-refractivity contribution in [2.45, 2.75) is 50.9 Å². The maximum absolute atomic E-state index is 13.0. The van der Waals surface area contributed by atoms with Crippen molar-refractivity contribution in [1.29, 1.82) is 0 Å². The maximum atomic E-state index is 13.0. The van der Waals surface area contributed by atoms with E-state index in [9.17, 15) is 9.59 Å². The van der Waals surface area contributed by atoms with Crippen LogP contribution in [0.5, 0.6) is 0 Å². The van der Waals surface area contributed by atoms with Crippen LogP contribution in [0.3, 0.4) is 0 Å². The largest absolute Gasteiger partial charge is 0.325 e. The molecule has 138 valence electrons. The second-order valence-corrected chi connectivity index (χ2v) is 7.96. The molecule has 0 radical (unpaired) electrons. The molecule has 0 aromatic heterocycles. The van der Waals surface area contributed by atoms with Crippen molar-refractivity contribution in [3.05, 3.63) is 28.7 Å². The molecule has 1 aromatic rings. The molecule has 0 spiro atoms. The van der Waals surface area contributed by atoms with E-state index in [2.05, 4.69) is 36.7 Å². The zero-order chi connectivity index (χ0) is 18.3. The van der Waals surface area contributed by atoms with Crippen molar-refractivity contribution in [3.8, 4) is 0 Å². The van der Waals surface area contributed by atoms with E-state index in [4.69, 9.17) is 0 Å². The standard InChI is InChI=1S/C18H22BrN5O2/c1-11-21-22-17-18(26)23(14-7-2-3-8-15(14)24(11)17)10-16(25)20-13-6-4-5-12(19)9-13/h4-6,9,14-15,17,22H,2-3,7-8,10H2,1H3,(H,20,25). The number of halogens is 1. The lowest BCUT2D eigenvalue weighted by Crippen LogP contribution is -2.69. The molecule has 2 fully saturated rings. The van der Waals surface area contributed by atoms with Crippen LogP contribution in [0.25, 0.3) is 0 Å². The van der Waals surface area contributed by atoms with E-state index in [1.54, 1.807) is 4.90 Å². The number of carbonyl (C=O) groups is 2. The van der Waals surface area contributed by atoms with Crippen molar-refractivity contribution in [2.24, 2.45) is 5.10 Å². The fraction of sp³-hybridized carbons (Fsp3) is 0.500. The first kappa shape index (κ1) is 17.3. The zero-order valence-corrected chi connectivity index (χ0v) is 16.2. The predicted molar refractivity (Wildman–Crippen MR) is 102 cm³/mol. The van der Waals surface area contributed by atoms with Gasteiger partial charge in [0.05, 0.1) is 12.1 Å². The summed E-state index contributed by atoms with van der Waals surface area (Å²) in [6.45, 7) is 2.00. The molecular weight excluding hydrogens is 398 g/mol. The van der Waals surface area contributed by atoms with Gasteiger partial charge in [0.1, 0.15) is 12.4 Å². The van der Waals surface area contributed by atoms with Crippen molar-refractivity contribution < 1.29 is 9.59 Å². The fourth-order valence-corrected chi connectivity index (χ4v) is 4.68. The number of amides is 2. The van der Waals surface area contributed by atoms with Crippen LogP contribution in [0.4, 0.5) is 5.69 Å². The Labute approximate surface area is 160 Å². The van der Waals surface area contributed by atoms with E-state index in [1.807, 2.05) is 31.2 Å². The number of amidine groups is 1. The molecule has 3 unspecified atom stereocenters. The summed E-state index contributed by atoms with van der Waals surface area (Å²) < 4.78 is 0.898. The minimum atomic E-state index is -0.479. The summed E-state index contributed by atoms with van der Waals surface area (Å²) in [4.78, 5) is 29.5. The molecular formula is C18H22BrN5O2.